The molecule has 1 fully saturated rings. The molecule has 0 spiro atoms. The Hall–Kier alpha value is -2.31. The number of aliphatic hydroxyl groups is 4. The first kappa shape index (κ1) is 19.5. The van der Waals surface area contributed by atoms with Crippen molar-refractivity contribution in [1.29, 1.82) is 0 Å². The molecule has 2 aromatic rings. The third-order valence-electron chi connectivity index (χ3n) is 4.42. The van der Waals surface area contributed by atoms with Crippen molar-refractivity contribution in [1.82, 2.24) is 24.9 Å². The third-order valence-corrected chi connectivity index (χ3v) is 4.42. The van der Waals surface area contributed by atoms with Gasteiger partial charge in [-0.25, -0.2) is 4.68 Å². The van der Waals surface area contributed by atoms with E-state index in [9.17, 15) is 25.2 Å². The minimum absolute atomic E-state index is 0.141. The van der Waals surface area contributed by atoms with Crippen LogP contribution in [-0.4, -0.2) is 76.9 Å². The van der Waals surface area contributed by atoms with E-state index < -0.39 is 37.3 Å². The number of ether oxygens (including phenoxy) is 1. The monoisotopic (exact) mass is 381 g/mol. The number of rotatable bonds is 7. The number of aliphatic hydroxyl groups excluding tert-OH is 4. The molecule has 5 atom stereocenters. The van der Waals surface area contributed by atoms with E-state index in [4.69, 9.17) is 4.74 Å². The van der Waals surface area contributed by atoms with Gasteiger partial charge in [0.05, 0.1) is 19.3 Å². The van der Waals surface area contributed by atoms with Crippen LogP contribution < -0.4 is 5.32 Å². The molecule has 1 saturated heterocycles. The van der Waals surface area contributed by atoms with Gasteiger partial charge in [0.1, 0.15) is 30.1 Å². The Morgan fingerprint density at radius 3 is 2.63 bits per heavy atom. The van der Waals surface area contributed by atoms with Gasteiger partial charge in [0.15, 0.2) is 6.23 Å². The summed E-state index contributed by atoms with van der Waals surface area (Å²) in [5.74, 6) is -0.147. The molecular weight excluding hydrogens is 358 g/mol. The van der Waals surface area contributed by atoms with Crippen LogP contribution in [0.15, 0.2) is 30.7 Å². The second-order valence-electron chi connectivity index (χ2n) is 6.36. The molecule has 27 heavy (non-hydrogen) atoms. The molecule has 3 rings (SSSR count). The molecule has 2 aromatic heterocycles. The van der Waals surface area contributed by atoms with E-state index in [-0.39, 0.29) is 12.5 Å². The predicted molar refractivity (Wildman–Crippen MR) is 89.9 cm³/mol. The van der Waals surface area contributed by atoms with Gasteiger partial charge in [-0.1, -0.05) is 5.21 Å². The van der Waals surface area contributed by atoms with E-state index in [1.54, 1.807) is 0 Å². The molecule has 3 heterocycles. The van der Waals surface area contributed by atoms with Crippen LogP contribution in [0.5, 0.6) is 0 Å². The number of aryl methyl sites for hydroxylation is 1. The average molecular weight is 381 g/mol. The lowest BCUT2D eigenvalue weighted by Crippen LogP contribution is -2.56. The fourth-order valence-corrected chi connectivity index (χ4v) is 2.85. The van der Waals surface area contributed by atoms with Crippen LogP contribution in [0, 0.1) is 0 Å². The lowest BCUT2D eigenvalue weighted by molar-refractivity contribution is -0.254. The molecule has 148 valence electrons. The Bertz CT molecular complexity index is 734. The summed E-state index contributed by atoms with van der Waals surface area (Å²) in [6, 6.07) is 3.77. The predicted octanol–water partition coefficient (Wildman–Crippen LogP) is -2.24. The molecule has 0 aromatic carbocycles. The maximum absolute atomic E-state index is 11.9. The van der Waals surface area contributed by atoms with Crippen molar-refractivity contribution < 1.29 is 30.0 Å². The Morgan fingerprint density at radius 1 is 1.19 bits per heavy atom. The second-order valence-corrected chi connectivity index (χ2v) is 6.36. The standard InChI is InChI=1S/C16H23N5O6/c22-9-11-13(24)14(25)15(26)16(27-11)21-8-10(18-19-21)7-17-12(23)3-6-20-4-1-2-5-20/h1-2,4-5,8,11,13-16,22,24-26H,3,6-7,9H2,(H,17,23)/t11?,13-,14?,15?,16-/m1/s1. The summed E-state index contributed by atoms with van der Waals surface area (Å²) in [5, 5.41) is 49.4. The normalized spacial score (nSPS) is 28.2. The fourth-order valence-electron chi connectivity index (χ4n) is 2.85. The van der Waals surface area contributed by atoms with Crippen LogP contribution in [-0.2, 0) is 22.6 Å². The van der Waals surface area contributed by atoms with Crippen LogP contribution in [0.1, 0.15) is 18.3 Å². The molecule has 0 bridgehead atoms. The third kappa shape index (κ3) is 4.51. The molecule has 11 nitrogen and oxygen atoms in total. The van der Waals surface area contributed by atoms with Crippen molar-refractivity contribution in [2.24, 2.45) is 0 Å². The molecule has 1 aliphatic heterocycles. The quantitative estimate of drug-likeness (QED) is 0.361. The van der Waals surface area contributed by atoms with Crippen LogP contribution in [0.25, 0.3) is 0 Å². The molecule has 0 aliphatic carbocycles. The SMILES string of the molecule is O=C(CCn1cccc1)NCc1cn([C@@H]2OC(CO)[C@@H](O)C(O)C2O)nn1. The van der Waals surface area contributed by atoms with E-state index in [2.05, 4.69) is 15.6 Å². The lowest BCUT2D eigenvalue weighted by atomic mass is 9.98. The summed E-state index contributed by atoms with van der Waals surface area (Å²) in [5.41, 5.74) is 0.432. The number of carbonyl (C=O) groups excluding carboxylic acids is 1. The van der Waals surface area contributed by atoms with Crippen molar-refractivity contribution in [3.8, 4) is 0 Å². The second kappa shape index (κ2) is 8.59. The number of amides is 1. The zero-order chi connectivity index (χ0) is 19.4. The van der Waals surface area contributed by atoms with Gasteiger partial charge in [-0.3, -0.25) is 4.79 Å². The van der Waals surface area contributed by atoms with E-state index in [1.807, 2.05) is 29.1 Å². The van der Waals surface area contributed by atoms with Crippen molar-refractivity contribution in [3.63, 3.8) is 0 Å². The van der Waals surface area contributed by atoms with Crippen molar-refractivity contribution in [2.75, 3.05) is 6.61 Å². The van der Waals surface area contributed by atoms with E-state index in [0.29, 0.717) is 18.7 Å². The van der Waals surface area contributed by atoms with E-state index >= 15 is 0 Å². The van der Waals surface area contributed by atoms with Crippen molar-refractivity contribution in [3.05, 3.63) is 36.4 Å². The number of hydrogen-bond acceptors (Lipinski definition) is 8. The highest BCUT2D eigenvalue weighted by Crippen LogP contribution is 2.27. The topological polar surface area (TPSA) is 155 Å². The highest BCUT2D eigenvalue weighted by molar-refractivity contribution is 5.75. The molecule has 0 radical (unpaired) electrons. The molecular formula is C16H23N5O6. The Kier molecular flexibility index (Phi) is 6.19. The summed E-state index contributed by atoms with van der Waals surface area (Å²) in [6.07, 6.45) is -1.02. The highest BCUT2D eigenvalue weighted by Gasteiger charge is 2.44. The molecule has 3 unspecified atom stereocenters. The van der Waals surface area contributed by atoms with Gasteiger partial charge in [0.2, 0.25) is 5.91 Å². The number of nitrogens with zero attached hydrogens (tertiary/aromatic N) is 4. The van der Waals surface area contributed by atoms with Crippen LogP contribution in [0.4, 0.5) is 0 Å². The van der Waals surface area contributed by atoms with Crippen LogP contribution >= 0.6 is 0 Å². The molecule has 0 saturated carbocycles. The van der Waals surface area contributed by atoms with Gasteiger partial charge < -0.3 is 35.0 Å². The lowest BCUT2D eigenvalue weighted by Gasteiger charge is -2.39. The minimum Gasteiger partial charge on any atom is -0.394 e. The molecule has 11 heteroatoms. The summed E-state index contributed by atoms with van der Waals surface area (Å²) >= 11 is 0. The Morgan fingerprint density at radius 2 is 1.93 bits per heavy atom. The van der Waals surface area contributed by atoms with Gasteiger partial charge in [-0.15, -0.1) is 5.10 Å². The van der Waals surface area contributed by atoms with Gasteiger partial charge >= 0.3 is 0 Å². The maximum atomic E-state index is 11.9. The van der Waals surface area contributed by atoms with Gasteiger partial charge in [0.25, 0.3) is 0 Å². The molecule has 1 amide bonds. The number of carbonyl (C=O) groups is 1. The molecule has 5 N–H and O–H groups in total. The van der Waals surface area contributed by atoms with Gasteiger partial charge in [-0.2, -0.15) is 0 Å². The Labute approximate surface area is 154 Å². The first-order valence-electron chi connectivity index (χ1n) is 8.58. The van der Waals surface area contributed by atoms with Crippen molar-refractivity contribution >= 4 is 5.91 Å². The van der Waals surface area contributed by atoms with E-state index in [0.717, 1.165) is 0 Å². The van der Waals surface area contributed by atoms with Crippen molar-refractivity contribution in [2.45, 2.75) is 50.2 Å². The van der Waals surface area contributed by atoms with Gasteiger partial charge in [0, 0.05) is 25.4 Å². The smallest absolute Gasteiger partial charge is 0.222 e. The minimum atomic E-state index is -1.50. The average Bonchev–Trinajstić information content (AvgIpc) is 3.35. The zero-order valence-electron chi connectivity index (χ0n) is 14.5. The van der Waals surface area contributed by atoms with Crippen LogP contribution in [0.3, 0.4) is 0 Å². The largest absolute Gasteiger partial charge is 0.394 e. The number of aromatic nitrogens is 4. The highest BCUT2D eigenvalue weighted by atomic mass is 16.6. The van der Waals surface area contributed by atoms with Crippen LogP contribution in [0.2, 0.25) is 0 Å². The zero-order valence-corrected chi connectivity index (χ0v) is 14.5. The van der Waals surface area contributed by atoms with Gasteiger partial charge in [-0.05, 0) is 12.1 Å². The fraction of sp³-hybridized carbons (Fsp3) is 0.562. The summed E-state index contributed by atoms with van der Waals surface area (Å²) < 4.78 is 8.48. The number of nitrogens with one attached hydrogen (secondary N) is 1. The molecule has 1 aliphatic rings. The Balaban J connectivity index is 1.54. The number of hydrogen-bond donors (Lipinski definition) is 5. The summed E-state index contributed by atoms with van der Waals surface area (Å²) in [4.78, 5) is 11.9. The first-order valence-corrected chi connectivity index (χ1v) is 8.58. The van der Waals surface area contributed by atoms with E-state index in [1.165, 1.54) is 10.9 Å². The first-order chi connectivity index (χ1) is 13.0. The summed E-state index contributed by atoms with van der Waals surface area (Å²) in [6.45, 7) is 0.179. The maximum Gasteiger partial charge on any atom is 0.222 e. The summed E-state index contributed by atoms with van der Waals surface area (Å²) in [7, 11) is 0.